The maximum absolute atomic E-state index is 11.9. The highest BCUT2D eigenvalue weighted by atomic mass is 16.5. The Labute approximate surface area is 134 Å². The summed E-state index contributed by atoms with van der Waals surface area (Å²) < 4.78 is 5.15. The molecule has 1 unspecified atom stereocenters. The van der Waals surface area contributed by atoms with E-state index in [1.54, 1.807) is 0 Å². The van der Waals surface area contributed by atoms with Gasteiger partial charge in [-0.15, -0.1) is 0 Å². The van der Waals surface area contributed by atoms with E-state index in [0.717, 1.165) is 24.1 Å². The molecular weight excluding hydrogens is 296 g/mol. The lowest BCUT2D eigenvalue weighted by Gasteiger charge is -2.10. The van der Waals surface area contributed by atoms with Gasteiger partial charge in [-0.25, -0.2) is 4.79 Å². The van der Waals surface area contributed by atoms with Crippen molar-refractivity contribution >= 4 is 5.97 Å². The third-order valence-electron chi connectivity index (χ3n) is 3.84. The maximum atomic E-state index is 11.9. The van der Waals surface area contributed by atoms with Crippen molar-refractivity contribution in [2.45, 2.75) is 32.8 Å². The molecule has 0 aliphatic heterocycles. The molecule has 0 saturated heterocycles. The Bertz CT molecular complexity index is 668. The molecule has 5 heteroatoms. The van der Waals surface area contributed by atoms with E-state index in [1.165, 1.54) is 5.56 Å². The van der Waals surface area contributed by atoms with Crippen LogP contribution in [0.2, 0.25) is 0 Å². The molecule has 0 fully saturated rings. The summed E-state index contributed by atoms with van der Waals surface area (Å²) in [4.78, 5) is 11.9. The van der Waals surface area contributed by atoms with Crippen molar-refractivity contribution < 1.29 is 24.9 Å². The van der Waals surface area contributed by atoms with Gasteiger partial charge in [0.05, 0.1) is 5.56 Å². The van der Waals surface area contributed by atoms with Gasteiger partial charge in [-0.2, -0.15) is 0 Å². The molecular formula is C18H20O5. The molecule has 0 aliphatic carbocycles. The van der Waals surface area contributed by atoms with Gasteiger partial charge in [-0.05, 0) is 35.6 Å². The zero-order chi connectivity index (χ0) is 17.0. The third kappa shape index (κ3) is 3.94. The van der Waals surface area contributed by atoms with E-state index in [9.17, 15) is 20.1 Å². The van der Waals surface area contributed by atoms with Crippen LogP contribution in [0.15, 0.2) is 36.4 Å². The number of esters is 1. The van der Waals surface area contributed by atoms with Crippen LogP contribution in [0.1, 0.15) is 47.7 Å². The van der Waals surface area contributed by atoms with Crippen molar-refractivity contribution in [3.05, 3.63) is 53.1 Å². The quantitative estimate of drug-likeness (QED) is 0.578. The van der Waals surface area contributed by atoms with E-state index in [-0.39, 0.29) is 12.2 Å². The van der Waals surface area contributed by atoms with Gasteiger partial charge in [-0.3, -0.25) is 0 Å². The minimum absolute atomic E-state index is 0.0333. The molecule has 23 heavy (non-hydrogen) atoms. The number of ether oxygens (including phenoxy) is 1. The first-order chi connectivity index (χ1) is 10.9. The summed E-state index contributed by atoms with van der Waals surface area (Å²) in [5.74, 6) is -2.02. The molecule has 2 rings (SSSR count). The van der Waals surface area contributed by atoms with E-state index >= 15 is 0 Å². The number of phenolic OH excluding ortho intramolecular Hbond substituents is 3. The molecule has 3 N–H and O–H groups in total. The molecule has 0 saturated carbocycles. The summed E-state index contributed by atoms with van der Waals surface area (Å²) >= 11 is 0. The summed E-state index contributed by atoms with van der Waals surface area (Å²) in [6, 6.07) is 9.92. The molecule has 122 valence electrons. The number of aromatic hydroxyl groups is 3. The Hall–Kier alpha value is -2.69. The van der Waals surface area contributed by atoms with Crippen molar-refractivity contribution in [3.63, 3.8) is 0 Å². The van der Waals surface area contributed by atoms with Gasteiger partial charge in [-0.1, -0.05) is 38.1 Å². The zero-order valence-electron chi connectivity index (χ0n) is 13.1. The largest absolute Gasteiger partial charge is 0.504 e. The van der Waals surface area contributed by atoms with Crippen LogP contribution in [0.5, 0.6) is 17.2 Å². The van der Waals surface area contributed by atoms with E-state index < -0.39 is 23.2 Å². The smallest absolute Gasteiger partial charge is 0.338 e. The SMILES string of the molecule is CCC(C)c1ccc(COC(=O)c2cc(O)c(O)c(O)c2)cc1. The second-order valence-corrected chi connectivity index (χ2v) is 5.49. The first-order valence-electron chi connectivity index (χ1n) is 7.43. The fraction of sp³-hybridized carbons (Fsp3) is 0.278. The fourth-order valence-electron chi connectivity index (χ4n) is 2.13. The van der Waals surface area contributed by atoms with Crippen molar-refractivity contribution in [2.24, 2.45) is 0 Å². The number of benzene rings is 2. The van der Waals surface area contributed by atoms with Crippen molar-refractivity contribution in [1.29, 1.82) is 0 Å². The van der Waals surface area contributed by atoms with Gasteiger partial charge >= 0.3 is 5.97 Å². The van der Waals surface area contributed by atoms with E-state index in [0.29, 0.717) is 5.92 Å². The van der Waals surface area contributed by atoms with E-state index in [1.807, 2.05) is 24.3 Å². The molecule has 0 aliphatic rings. The average Bonchev–Trinajstić information content (AvgIpc) is 2.56. The first kappa shape index (κ1) is 16.7. The lowest BCUT2D eigenvalue weighted by molar-refractivity contribution is 0.0471. The van der Waals surface area contributed by atoms with Gasteiger partial charge in [0, 0.05) is 0 Å². The third-order valence-corrected chi connectivity index (χ3v) is 3.84. The van der Waals surface area contributed by atoms with Crippen LogP contribution in [0.4, 0.5) is 0 Å². The number of carbonyl (C=O) groups excluding carboxylic acids is 1. The summed E-state index contributed by atoms with van der Waals surface area (Å²) in [6.45, 7) is 4.36. The molecule has 5 nitrogen and oxygen atoms in total. The number of carbonyl (C=O) groups is 1. The molecule has 1 atom stereocenters. The molecule has 2 aromatic carbocycles. The van der Waals surface area contributed by atoms with Gasteiger partial charge < -0.3 is 20.1 Å². The van der Waals surface area contributed by atoms with Crippen LogP contribution in [0.3, 0.4) is 0 Å². The Morgan fingerprint density at radius 3 is 2.17 bits per heavy atom. The van der Waals surface area contributed by atoms with Crippen LogP contribution in [0, 0.1) is 0 Å². The minimum atomic E-state index is -0.693. The second kappa shape index (κ2) is 7.05. The second-order valence-electron chi connectivity index (χ2n) is 5.49. The monoisotopic (exact) mass is 316 g/mol. The maximum Gasteiger partial charge on any atom is 0.338 e. The number of hydrogen-bond acceptors (Lipinski definition) is 5. The number of phenols is 3. The van der Waals surface area contributed by atoms with Crippen LogP contribution in [0.25, 0.3) is 0 Å². The van der Waals surface area contributed by atoms with Crippen LogP contribution in [-0.2, 0) is 11.3 Å². The Balaban J connectivity index is 2.02. The topological polar surface area (TPSA) is 87.0 Å². The molecule has 0 spiro atoms. The lowest BCUT2D eigenvalue weighted by atomic mass is 9.98. The molecule has 0 radical (unpaired) electrons. The molecule has 0 aromatic heterocycles. The zero-order valence-corrected chi connectivity index (χ0v) is 13.1. The molecule has 0 heterocycles. The summed E-state index contributed by atoms with van der Waals surface area (Å²) in [6.07, 6.45) is 1.06. The highest BCUT2D eigenvalue weighted by Gasteiger charge is 2.14. The highest BCUT2D eigenvalue weighted by molar-refractivity contribution is 5.91. The van der Waals surface area contributed by atoms with Gasteiger partial charge in [0.15, 0.2) is 17.2 Å². The summed E-state index contributed by atoms with van der Waals surface area (Å²) in [5.41, 5.74) is 2.04. The van der Waals surface area contributed by atoms with Gasteiger partial charge in [0.25, 0.3) is 0 Å². The first-order valence-corrected chi connectivity index (χ1v) is 7.43. The van der Waals surface area contributed by atoms with Crippen molar-refractivity contribution in [2.75, 3.05) is 0 Å². The molecule has 0 bridgehead atoms. The standard InChI is InChI=1S/C18H20O5/c1-3-11(2)13-6-4-12(5-7-13)10-23-18(22)14-8-15(19)17(21)16(20)9-14/h4-9,11,19-21H,3,10H2,1-2H3. The van der Waals surface area contributed by atoms with Crippen LogP contribution < -0.4 is 0 Å². The van der Waals surface area contributed by atoms with Crippen molar-refractivity contribution in [1.82, 2.24) is 0 Å². The number of hydrogen-bond donors (Lipinski definition) is 3. The lowest BCUT2D eigenvalue weighted by Crippen LogP contribution is -2.05. The predicted molar refractivity (Wildman–Crippen MR) is 85.7 cm³/mol. The minimum Gasteiger partial charge on any atom is -0.504 e. The van der Waals surface area contributed by atoms with E-state index in [4.69, 9.17) is 4.74 Å². The normalized spacial score (nSPS) is 11.9. The predicted octanol–water partition coefficient (Wildman–Crippen LogP) is 3.67. The average molecular weight is 316 g/mol. The summed E-state index contributed by atoms with van der Waals surface area (Å²) in [7, 11) is 0. The summed E-state index contributed by atoms with van der Waals surface area (Å²) in [5, 5.41) is 28.1. The fourth-order valence-corrected chi connectivity index (χ4v) is 2.13. The molecule has 2 aromatic rings. The van der Waals surface area contributed by atoms with Gasteiger partial charge in [0.1, 0.15) is 6.61 Å². The van der Waals surface area contributed by atoms with Crippen molar-refractivity contribution in [3.8, 4) is 17.2 Å². The van der Waals surface area contributed by atoms with Crippen LogP contribution in [-0.4, -0.2) is 21.3 Å². The number of rotatable bonds is 5. The Kier molecular flexibility index (Phi) is 5.11. The van der Waals surface area contributed by atoms with Gasteiger partial charge in [0.2, 0.25) is 0 Å². The molecule has 0 amide bonds. The van der Waals surface area contributed by atoms with Crippen LogP contribution >= 0.6 is 0 Å². The highest BCUT2D eigenvalue weighted by Crippen LogP contribution is 2.35. The Morgan fingerprint density at radius 1 is 1.09 bits per heavy atom. The van der Waals surface area contributed by atoms with E-state index in [2.05, 4.69) is 13.8 Å². The Morgan fingerprint density at radius 2 is 1.65 bits per heavy atom.